The number of phenols is 1. The van der Waals surface area contributed by atoms with Gasteiger partial charge in [0.15, 0.2) is 0 Å². The van der Waals surface area contributed by atoms with E-state index in [2.05, 4.69) is 19.2 Å². The monoisotopic (exact) mass is 221 g/mol. The van der Waals surface area contributed by atoms with Crippen LogP contribution >= 0.6 is 0 Å². The van der Waals surface area contributed by atoms with Crippen LogP contribution < -0.4 is 5.32 Å². The number of benzene rings is 1. The predicted molar refractivity (Wildman–Crippen MR) is 64.0 cm³/mol. The van der Waals surface area contributed by atoms with Crippen molar-refractivity contribution in [2.45, 2.75) is 33.2 Å². The maximum absolute atomic E-state index is 11.4. The molecule has 2 N–H and O–H groups in total. The molecule has 0 aromatic heterocycles. The highest BCUT2D eigenvalue weighted by Gasteiger charge is 2.03. The first-order chi connectivity index (χ1) is 7.58. The number of nitrogens with one attached hydrogen (secondary N) is 1. The first kappa shape index (κ1) is 12.6. The van der Waals surface area contributed by atoms with Gasteiger partial charge in [-0.2, -0.15) is 0 Å². The maximum Gasteiger partial charge on any atom is 0.220 e. The van der Waals surface area contributed by atoms with Crippen molar-refractivity contribution >= 4 is 5.91 Å². The summed E-state index contributed by atoms with van der Waals surface area (Å²) in [6, 6.07) is 6.85. The molecule has 1 rings (SSSR count). The second kappa shape index (κ2) is 6.16. The molecule has 16 heavy (non-hydrogen) atoms. The molecule has 1 aromatic rings. The van der Waals surface area contributed by atoms with Gasteiger partial charge in [-0.05, 0) is 30.0 Å². The van der Waals surface area contributed by atoms with Crippen LogP contribution in [-0.2, 0) is 11.3 Å². The van der Waals surface area contributed by atoms with Crippen LogP contribution in [0.5, 0.6) is 5.75 Å². The minimum absolute atomic E-state index is 0.0850. The van der Waals surface area contributed by atoms with Gasteiger partial charge in [-0.25, -0.2) is 0 Å². The maximum atomic E-state index is 11.4. The van der Waals surface area contributed by atoms with Crippen molar-refractivity contribution in [3.8, 4) is 5.75 Å². The second-order valence-corrected chi connectivity index (χ2v) is 4.38. The zero-order chi connectivity index (χ0) is 12.0. The first-order valence-corrected chi connectivity index (χ1v) is 5.62. The Morgan fingerprint density at radius 3 is 2.50 bits per heavy atom. The quantitative estimate of drug-likeness (QED) is 0.802. The lowest BCUT2D eigenvalue weighted by Crippen LogP contribution is -2.22. The molecule has 1 aromatic carbocycles. The van der Waals surface area contributed by atoms with Crippen LogP contribution in [0.2, 0.25) is 0 Å². The van der Waals surface area contributed by atoms with E-state index in [1.54, 1.807) is 24.3 Å². The highest BCUT2D eigenvalue weighted by molar-refractivity contribution is 5.75. The average Bonchev–Trinajstić information content (AvgIpc) is 2.25. The Kier molecular flexibility index (Phi) is 4.83. The van der Waals surface area contributed by atoms with Gasteiger partial charge in [0, 0.05) is 13.0 Å². The van der Waals surface area contributed by atoms with Gasteiger partial charge in [-0.3, -0.25) is 4.79 Å². The van der Waals surface area contributed by atoms with Crippen molar-refractivity contribution < 1.29 is 9.90 Å². The number of hydrogen-bond acceptors (Lipinski definition) is 2. The summed E-state index contributed by atoms with van der Waals surface area (Å²) < 4.78 is 0. The van der Waals surface area contributed by atoms with Crippen molar-refractivity contribution in [2.24, 2.45) is 5.92 Å². The third-order valence-corrected chi connectivity index (χ3v) is 2.37. The van der Waals surface area contributed by atoms with E-state index < -0.39 is 0 Å². The number of carbonyl (C=O) groups is 1. The molecule has 0 aliphatic rings. The Morgan fingerprint density at radius 1 is 1.31 bits per heavy atom. The third kappa shape index (κ3) is 4.82. The summed E-state index contributed by atoms with van der Waals surface area (Å²) in [6.45, 7) is 4.73. The lowest BCUT2D eigenvalue weighted by molar-refractivity contribution is -0.121. The highest BCUT2D eigenvalue weighted by Crippen LogP contribution is 2.09. The van der Waals surface area contributed by atoms with Crippen molar-refractivity contribution in [1.82, 2.24) is 5.32 Å². The van der Waals surface area contributed by atoms with Crippen molar-refractivity contribution in [3.63, 3.8) is 0 Å². The molecule has 0 saturated carbocycles. The second-order valence-electron chi connectivity index (χ2n) is 4.38. The number of phenolic OH excluding ortho intramolecular Hbond substituents is 1. The van der Waals surface area contributed by atoms with Crippen LogP contribution in [0.25, 0.3) is 0 Å². The lowest BCUT2D eigenvalue weighted by Gasteiger charge is -2.06. The standard InChI is InChI=1S/C13H19NO2/c1-10(2)3-8-13(16)14-9-11-4-6-12(15)7-5-11/h4-7,10,15H,3,8-9H2,1-2H3,(H,14,16). The SMILES string of the molecule is CC(C)CCC(=O)NCc1ccc(O)cc1. The molecule has 0 spiro atoms. The smallest absolute Gasteiger partial charge is 0.220 e. The van der Waals surface area contributed by atoms with Crippen LogP contribution in [0.15, 0.2) is 24.3 Å². The van der Waals surface area contributed by atoms with Gasteiger partial charge in [0.25, 0.3) is 0 Å². The van der Waals surface area contributed by atoms with E-state index in [9.17, 15) is 4.79 Å². The summed E-state index contributed by atoms with van der Waals surface area (Å²) in [5.74, 6) is 0.885. The molecule has 0 aliphatic carbocycles. The Labute approximate surface area is 96.5 Å². The molecule has 0 radical (unpaired) electrons. The molecule has 3 nitrogen and oxygen atoms in total. The minimum atomic E-state index is 0.0850. The van der Waals surface area contributed by atoms with E-state index in [0.29, 0.717) is 18.9 Å². The van der Waals surface area contributed by atoms with E-state index >= 15 is 0 Å². The van der Waals surface area contributed by atoms with Gasteiger partial charge < -0.3 is 10.4 Å². The summed E-state index contributed by atoms with van der Waals surface area (Å²) in [6.07, 6.45) is 1.50. The number of carbonyl (C=O) groups excluding carboxylic acids is 1. The zero-order valence-corrected chi connectivity index (χ0v) is 9.86. The van der Waals surface area contributed by atoms with Crippen LogP contribution in [0, 0.1) is 5.92 Å². The molecule has 0 saturated heterocycles. The predicted octanol–water partition coefficient (Wildman–Crippen LogP) is 2.44. The van der Waals surface area contributed by atoms with Crippen molar-refractivity contribution in [3.05, 3.63) is 29.8 Å². The van der Waals surface area contributed by atoms with Crippen molar-refractivity contribution in [1.29, 1.82) is 0 Å². The third-order valence-electron chi connectivity index (χ3n) is 2.37. The summed E-state index contributed by atoms with van der Waals surface area (Å²) in [5, 5.41) is 11.9. The fraction of sp³-hybridized carbons (Fsp3) is 0.462. The molecule has 0 fully saturated rings. The summed E-state index contributed by atoms with van der Waals surface area (Å²) >= 11 is 0. The van der Waals surface area contributed by atoms with E-state index in [0.717, 1.165) is 12.0 Å². The number of aromatic hydroxyl groups is 1. The first-order valence-electron chi connectivity index (χ1n) is 5.62. The molecule has 0 bridgehead atoms. The van der Waals surface area contributed by atoms with E-state index in [1.165, 1.54) is 0 Å². The normalized spacial score (nSPS) is 10.4. The van der Waals surface area contributed by atoms with Crippen LogP contribution in [0.3, 0.4) is 0 Å². The van der Waals surface area contributed by atoms with E-state index in [4.69, 9.17) is 5.11 Å². The molecule has 88 valence electrons. The molecule has 0 unspecified atom stereocenters. The molecule has 1 amide bonds. The van der Waals surface area contributed by atoms with E-state index in [-0.39, 0.29) is 11.7 Å². The van der Waals surface area contributed by atoms with E-state index in [1.807, 2.05) is 0 Å². The largest absolute Gasteiger partial charge is 0.508 e. The molecule has 0 aliphatic heterocycles. The van der Waals surface area contributed by atoms with Gasteiger partial charge in [-0.15, -0.1) is 0 Å². The summed E-state index contributed by atoms with van der Waals surface area (Å²) in [5.41, 5.74) is 0.996. The van der Waals surface area contributed by atoms with Gasteiger partial charge in [0.05, 0.1) is 0 Å². The summed E-state index contributed by atoms with van der Waals surface area (Å²) in [4.78, 5) is 11.4. The Hall–Kier alpha value is -1.51. The number of rotatable bonds is 5. The minimum Gasteiger partial charge on any atom is -0.508 e. The molecule has 0 heterocycles. The Morgan fingerprint density at radius 2 is 1.94 bits per heavy atom. The number of amides is 1. The Balaban J connectivity index is 2.29. The lowest BCUT2D eigenvalue weighted by atomic mass is 10.1. The fourth-order valence-electron chi connectivity index (χ4n) is 1.32. The fourth-order valence-corrected chi connectivity index (χ4v) is 1.32. The van der Waals surface area contributed by atoms with Crippen molar-refractivity contribution in [2.75, 3.05) is 0 Å². The molecule has 0 atom stereocenters. The summed E-state index contributed by atoms with van der Waals surface area (Å²) in [7, 11) is 0. The van der Waals surface area contributed by atoms with Gasteiger partial charge >= 0.3 is 0 Å². The van der Waals surface area contributed by atoms with Crippen LogP contribution in [0.1, 0.15) is 32.3 Å². The van der Waals surface area contributed by atoms with Crippen LogP contribution in [-0.4, -0.2) is 11.0 Å². The van der Waals surface area contributed by atoms with Crippen LogP contribution in [0.4, 0.5) is 0 Å². The molecular formula is C13H19NO2. The Bertz CT molecular complexity index is 330. The zero-order valence-electron chi connectivity index (χ0n) is 9.86. The average molecular weight is 221 g/mol. The number of hydrogen-bond donors (Lipinski definition) is 2. The highest BCUT2D eigenvalue weighted by atomic mass is 16.3. The van der Waals surface area contributed by atoms with Gasteiger partial charge in [0.2, 0.25) is 5.91 Å². The van der Waals surface area contributed by atoms with Gasteiger partial charge in [-0.1, -0.05) is 26.0 Å². The molecular weight excluding hydrogens is 202 g/mol. The topological polar surface area (TPSA) is 49.3 Å². The molecule has 3 heteroatoms. The van der Waals surface area contributed by atoms with Gasteiger partial charge in [0.1, 0.15) is 5.75 Å².